The molecular formula is H11B11S. The summed E-state index contributed by atoms with van der Waals surface area (Å²) in [6.07, 6.45) is 2.82. The molecule has 0 unspecified atom stereocenters. The van der Waals surface area contributed by atoms with Crippen molar-refractivity contribution in [2.45, 2.75) is 0 Å². The fourth-order valence-electron chi connectivity index (χ4n) is 1.94. The van der Waals surface area contributed by atoms with Gasteiger partial charge in [-0.05, 0) is 0 Å². The van der Waals surface area contributed by atoms with Gasteiger partial charge in [-0.3, -0.25) is 0 Å². The molecule has 0 saturated carbocycles. The summed E-state index contributed by atoms with van der Waals surface area (Å²) in [6, 6.07) is 1.97. The van der Waals surface area contributed by atoms with E-state index in [1.807, 2.05) is 6.05 Å². The van der Waals surface area contributed by atoms with Crippen LogP contribution in [0.3, 0.4) is 0 Å². The van der Waals surface area contributed by atoms with E-state index in [-0.39, 0.29) is 0 Å². The molecule has 50 valence electrons. The zero-order valence-corrected chi connectivity index (χ0v) is 9.82. The molecule has 0 radical (unpaired) electrons. The van der Waals surface area contributed by atoms with Crippen LogP contribution < -0.4 is 0 Å². The van der Waals surface area contributed by atoms with Crippen LogP contribution in [-0.2, 0) is 0 Å². The summed E-state index contributed by atoms with van der Waals surface area (Å²) in [5, 5.41) is 0. The molecule has 0 atom stereocenters. The fraction of sp³-hybridized carbons (Fsp3) is 0. The quantitative estimate of drug-likeness (QED) is 0.362. The Morgan fingerprint density at radius 1 is 1.08 bits per heavy atom. The van der Waals surface area contributed by atoms with E-state index >= 15 is 0 Å². The van der Waals surface area contributed by atoms with E-state index in [1.165, 1.54) is 7.06 Å². The minimum absolute atomic E-state index is 0.616. The summed E-state index contributed by atoms with van der Waals surface area (Å²) in [7, 11) is 12.6. The summed E-state index contributed by atoms with van der Waals surface area (Å²) in [5.41, 5.74) is 0. The van der Waals surface area contributed by atoms with Gasteiger partial charge in [-0.25, -0.2) is 0 Å². The van der Waals surface area contributed by atoms with Gasteiger partial charge in [0.05, 0.1) is 0 Å². The fourth-order valence-corrected chi connectivity index (χ4v) is 2.46. The van der Waals surface area contributed by atoms with Gasteiger partial charge in [-0.1, -0.05) is 0 Å². The van der Waals surface area contributed by atoms with Crippen molar-refractivity contribution >= 4 is 89.4 Å². The molecule has 0 nitrogen and oxygen atoms in total. The molecule has 0 aromatic carbocycles. The monoisotopic (exact) mass is 164 g/mol. The first-order chi connectivity index (χ1) is 5.54. The van der Waals surface area contributed by atoms with Crippen molar-refractivity contribution in [1.29, 1.82) is 0 Å². The van der Waals surface area contributed by atoms with E-state index in [9.17, 15) is 0 Å². The van der Waals surface area contributed by atoms with Crippen LogP contribution in [0.1, 0.15) is 0 Å². The molecule has 0 aromatic rings. The topological polar surface area (TPSA) is 0 Å². The predicted molar refractivity (Wildman–Crippen MR) is 86.2 cm³/mol. The second-order valence-corrected chi connectivity index (χ2v) is 4.55. The Balaban J connectivity index is 4.33. The first kappa shape index (κ1) is 12.9. The molecule has 12 heteroatoms. The van der Waals surface area contributed by atoms with Crippen LogP contribution in [0.15, 0.2) is 0 Å². The zero-order chi connectivity index (χ0) is 9.72. The van der Waals surface area contributed by atoms with Gasteiger partial charge in [0.15, 0.2) is 0 Å². The van der Waals surface area contributed by atoms with E-state index in [1.54, 1.807) is 0 Å². The van der Waals surface area contributed by atoms with E-state index in [2.05, 4.69) is 38.7 Å². The zero-order valence-electron chi connectivity index (χ0n) is 9.00. The van der Waals surface area contributed by atoms with Crippen molar-refractivity contribution < 1.29 is 0 Å². The Kier molecular flexibility index (Phi) is 6.90. The van der Waals surface area contributed by atoms with Crippen LogP contribution in [0.5, 0.6) is 0 Å². The summed E-state index contributed by atoms with van der Waals surface area (Å²) >= 11 is 5.09. The van der Waals surface area contributed by atoms with Crippen molar-refractivity contribution in [3.63, 3.8) is 0 Å². The van der Waals surface area contributed by atoms with Gasteiger partial charge in [0, 0.05) is 0 Å². The van der Waals surface area contributed by atoms with Crippen LogP contribution >= 0.6 is 12.1 Å². The van der Waals surface area contributed by atoms with Gasteiger partial charge >= 0.3 is 89.4 Å². The summed E-state index contributed by atoms with van der Waals surface area (Å²) < 4.78 is 0. The Morgan fingerprint density at radius 3 is 1.67 bits per heavy atom. The molecule has 0 bridgehead atoms. The Labute approximate surface area is 89.5 Å². The molecule has 0 amide bonds. The number of hydrogen-bond acceptors (Lipinski definition) is 1. The third-order valence-corrected chi connectivity index (χ3v) is 3.06. The van der Waals surface area contributed by atoms with Gasteiger partial charge in [-0.2, -0.15) is 0 Å². The second-order valence-electron chi connectivity index (χ2n) is 4.27. The van der Waals surface area contributed by atoms with Crippen LogP contribution in [-0.4, -0.2) is 77.3 Å². The molecule has 0 aliphatic rings. The predicted octanol–water partition coefficient (Wildman–Crippen LogP) is -6.49. The van der Waals surface area contributed by atoms with E-state index in [4.69, 9.17) is 12.1 Å². The first-order valence-electron chi connectivity index (χ1n) is 4.99. The molecule has 0 aliphatic carbocycles. The van der Waals surface area contributed by atoms with Gasteiger partial charge in [-0.15, -0.1) is 0 Å². The van der Waals surface area contributed by atoms with Gasteiger partial charge < -0.3 is 0 Å². The molecule has 0 N–H and O–H groups in total. The van der Waals surface area contributed by atoms with E-state index < -0.39 is 0 Å². The third kappa shape index (κ3) is 3.76. The number of rotatable bonds is 5. The maximum atomic E-state index is 5.09. The Bertz CT molecular complexity index is 127. The average molecular weight is 162 g/mol. The van der Waals surface area contributed by atoms with Crippen molar-refractivity contribution in [1.82, 2.24) is 0 Å². The van der Waals surface area contributed by atoms with Gasteiger partial charge in [0.2, 0.25) is 0 Å². The summed E-state index contributed by atoms with van der Waals surface area (Å²) in [5.74, 6) is 0. The average Bonchev–Trinajstić information content (AvgIpc) is 1.98. The number of hydrogen-bond donors (Lipinski definition) is 0. The van der Waals surface area contributed by atoms with Crippen LogP contribution in [0.4, 0.5) is 0 Å². The molecule has 0 rings (SSSR count). The molecule has 0 fully saturated rings. The Morgan fingerprint density at radius 2 is 1.58 bits per heavy atom. The molecule has 0 aromatic heterocycles. The summed E-state index contributed by atoms with van der Waals surface area (Å²) in [4.78, 5) is 0. The normalized spacial score (nSPS) is 8.00. The van der Waals surface area contributed by atoms with Crippen molar-refractivity contribution in [2.24, 2.45) is 0 Å². The van der Waals surface area contributed by atoms with Crippen molar-refractivity contribution in [3.05, 3.63) is 0 Å². The molecule has 0 spiro atoms. The third-order valence-electron chi connectivity index (χ3n) is 2.75. The molecule has 0 heterocycles. The second kappa shape index (κ2) is 6.40. The molecule has 0 saturated heterocycles. The van der Waals surface area contributed by atoms with Gasteiger partial charge in [0.1, 0.15) is 0 Å². The van der Waals surface area contributed by atoms with E-state index in [0.717, 1.165) is 12.8 Å². The summed E-state index contributed by atoms with van der Waals surface area (Å²) in [6.45, 7) is 0. The first-order valence-corrected chi connectivity index (χ1v) is 5.47. The van der Waals surface area contributed by atoms with Crippen molar-refractivity contribution in [3.8, 4) is 0 Å². The Hall–Kier alpha value is 0.934. The van der Waals surface area contributed by atoms with E-state index in [0.29, 0.717) is 12.8 Å². The molecular weight excluding hydrogens is 151 g/mol. The van der Waals surface area contributed by atoms with Crippen LogP contribution in [0.2, 0.25) is 0 Å². The van der Waals surface area contributed by atoms with Crippen LogP contribution in [0.25, 0.3) is 0 Å². The minimum atomic E-state index is 0.616. The standard InChI is InChI=1S/B11H11S/c1-6-10(8(2)3)11(7-12)9(4)5/h6H,1-5H2. The van der Waals surface area contributed by atoms with Crippen molar-refractivity contribution in [2.75, 3.05) is 0 Å². The van der Waals surface area contributed by atoms with Crippen LogP contribution in [0, 0.1) is 0 Å². The molecule has 12 heavy (non-hydrogen) atoms. The maximum absolute atomic E-state index is 5.09. The SMILES string of the molecule is BBB(B(B)B)B(B=S)B(B)B. The molecule has 0 aliphatic heterocycles. The van der Waals surface area contributed by atoms with Gasteiger partial charge in [0.25, 0.3) is 0 Å².